The van der Waals surface area contributed by atoms with Crippen molar-refractivity contribution in [3.8, 4) is 0 Å². The molecule has 0 saturated carbocycles. The minimum absolute atomic E-state index is 0. The second kappa shape index (κ2) is 10.0. The standard InChI is InChI=1S/C15H18ClFN4S.HI/c1-10-21-12(9-22-10)5-6-19-15(18-2)20-8-11-3-4-14(17)13(16)7-11;/h3-4,7,9H,5-6,8H2,1-2H3,(H2,18,19,20);1H. The first-order chi connectivity index (χ1) is 10.6. The van der Waals surface area contributed by atoms with Crippen LogP contribution < -0.4 is 10.6 Å². The summed E-state index contributed by atoms with van der Waals surface area (Å²) in [6, 6.07) is 4.66. The van der Waals surface area contributed by atoms with Crippen molar-refractivity contribution in [2.24, 2.45) is 4.99 Å². The van der Waals surface area contributed by atoms with Crippen LogP contribution in [-0.2, 0) is 13.0 Å². The molecule has 0 spiro atoms. The Hall–Kier alpha value is -0.930. The molecule has 0 aliphatic rings. The molecule has 2 aromatic rings. The van der Waals surface area contributed by atoms with Crippen LogP contribution in [0.5, 0.6) is 0 Å². The van der Waals surface area contributed by atoms with Gasteiger partial charge in [-0.05, 0) is 24.6 Å². The van der Waals surface area contributed by atoms with Crippen LogP contribution in [0.1, 0.15) is 16.3 Å². The highest BCUT2D eigenvalue weighted by molar-refractivity contribution is 14.0. The molecule has 0 unspecified atom stereocenters. The van der Waals surface area contributed by atoms with Gasteiger partial charge in [-0.25, -0.2) is 9.37 Å². The quantitative estimate of drug-likeness (QED) is 0.399. The minimum Gasteiger partial charge on any atom is -0.356 e. The van der Waals surface area contributed by atoms with Crippen LogP contribution >= 0.6 is 46.9 Å². The fourth-order valence-corrected chi connectivity index (χ4v) is 2.74. The molecule has 1 aromatic heterocycles. The fourth-order valence-electron chi connectivity index (χ4n) is 1.89. The monoisotopic (exact) mass is 468 g/mol. The molecule has 2 N–H and O–H groups in total. The molecule has 2 rings (SSSR count). The highest BCUT2D eigenvalue weighted by Gasteiger charge is 2.03. The van der Waals surface area contributed by atoms with Crippen molar-refractivity contribution in [3.63, 3.8) is 0 Å². The molecule has 1 heterocycles. The Morgan fingerprint density at radius 2 is 2.17 bits per heavy atom. The Morgan fingerprint density at radius 3 is 2.78 bits per heavy atom. The van der Waals surface area contributed by atoms with Gasteiger partial charge in [0.15, 0.2) is 5.96 Å². The van der Waals surface area contributed by atoms with Crippen molar-refractivity contribution in [1.29, 1.82) is 0 Å². The molecule has 0 atom stereocenters. The third-order valence-corrected chi connectivity index (χ3v) is 4.12. The minimum atomic E-state index is -0.411. The van der Waals surface area contributed by atoms with Gasteiger partial charge in [0.05, 0.1) is 15.7 Å². The number of thiazole rings is 1. The van der Waals surface area contributed by atoms with E-state index in [0.29, 0.717) is 12.5 Å². The number of aromatic nitrogens is 1. The first-order valence-corrected chi connectivity index (χ1v) is 8.13. The number of nitrogens with zero attached hydrogens (tertiary/aromatic N) is 2. The van der Waals surface area contributed by atoms with Crippen LogP contribution in [0.2, 0.25) is 5.02 Å². The van der Waals surface area contributed by atoms with Gasteiger partial charge in [-0.1, -0.05) is 17.7 Å². The molecule has 23 heavy (non-hydrogen) atoms. The Bertz CT molecular complexity index is 663. The zero-order valence-corrected chi connectivity index (χ0v) is 16.8. The first-order valence-electron chi connectivity index (χ1n) is 6.88. The third-order valence-electron chi connectivity index (χ3n) is 3.01. The average molecular weight is 469 g/mol. The van der Waals surface area contributed by atoms with Crippen molar-refractivity contribution in [2.75, 3.05) is 13.6 Å². The summed E-state index contributed by atoms with van der Waals surface area (Å²) in [5.41, 5.74) is 1.97. The molecule has 126 valence electrons. The summed E-state index contributed by atoms with van der Waals surface area (Å²) in [5, 5.41) is 9.65. The summed E-state index contributed by atoms with van der Waals surface area (Å²) >= 11 is 7.41. The van der Waals surface area contributed by atoms with E-state index in [4.69, 9.17) is 11.6 Å². The van der Waals surface area contributed by atoms with E-state index >= 15 is 0 Å². The smallest absolute Gasteiger partial charge is 0.191 e. The Balaban J connectivity index is 0.00000264. The Morgan fingerprint density at radius 1 is 1.39 bits per heavy atom. The molecular weight excluding hydrogens is 450 g/mol. The third kappa shape index (κ3) is 6.60. The maximum Gasteiger partial charge on any atom is 0.191 e. The molecule has 0 aliphatic carbocycles. The SMILES string of the molecule is CN=C(NCCc1csc(C)n1)NCc1ccc(F)c(Cl)c1.I. The average Bonchev–Trinajstić information content (AvgIpc) is 2.91. The molecule has 0 fully saturated rings. The number of benzene rings is 1. The lowest BCUT2D eigenvalue weighted by Gasteiger charge is -2.11. The van der Waals surface area contributed by atoms with Crippen LogP contribution in [0.4, 0.5) is 4.39 Å². The lowest BCUT2D eigenvalue weighted by Crippen LogP contribution is -2.37. The van der Waals surface area contributed by atoms with Gasteiger partial charge in [-0.15, -0.1) is 35.3 Å². The Labute approximate surface area is 161 Å². The topological polar surface area (TPSA) is 49.3 Å². The number of guanidine groups is 1. The van der Waals surface area contributed by atoms with E-state index in [0.717, 1.165) is 29.2 Å². The summed E-state index contributed by atoms with van der Waals surface area (Å²) in [6.45, 7) is 3.26. The molecule has 1 aromatic carbocycles. The van der Waals surface area contributed by atoms with Crippen molar-refractivity contribution in [1.82, 2.24) is 15.6 Å². The van der Waals surface area contributed by atoms with E-state index in [1.54, 1.807) is 30.5 Å². The van der Waals surface area contributed by atoms with E-state index in [1.807, 2.05) is 6.92 Å². The van der Waals surface area contributed by atoms with Gasteiger partial charge in [-0.3, -0.25) is 4.99 Å². The maximum atomic E-state index is 13.1. The van der Waals surface area contributed by atoms with Crippen molar-refractivity contribution < 1.29 is 4.39 Å². The number of rotatable bonds is 5. The molecule has 0 amide bonds. The van der Waals surface area contributed by atoms with Crippen molar-refractivity contribution >= 4 is 52.9 Å². The summed E-state index contributed by atoms with van der Waals surface area (Å²) in [5.74, 6) is 0.277. The van der Waals surface area contributed by atoms with Crippen LogP contribution in [0.3, 0.4) is 0 Å². The molecule has 0 bridgehead atoms. The zero-order valence-electron chi connectivity index (χ0n) is 12.9. The summed E-state index contributed by atoms with van der Waals surface area (Å²) < 4.78 is 13.1. The second-order valence-electron chi connectivity index (χ2n) is 4.71. The van der Waals surface area contributed by atoms with Crippen molar-refractivity contribution in [3.05, 3.63) is 50.7 Å². The Kier molecular flexibility index (Phi) is 8.78. The molecule has 4 nitrogen and oxygen atoms in total. The number of aliphatic imine (C=N–C) groups is 1. The normalized spacial score (nSPS) is 11.0. The second-order valence-corrected chi connectivity index (χ2v) is 6.18. The largest absolute Gasteiger partial charge is 0.356 e. The summed E-state index contributed by atoms with van der Waals surface area (Å²) in [6.07, 6.45) is 0.841. The molecule has 0 aliphatic heterocycles. The molecule has 8 heteroatoms. The zero-order chi connectivity index (χ0) is 15.9. The van der Waals surface area contributed by atoms with Crippen molar-refractivity contribution in [2.45, 2.75) is 19.9 Å². The van der Waals surface area contributed by atoms with Gasteiger partial charge in [0.2, 0.25) is 0 Å². The lowest BCUT2D eigenvalue weighted by molar-refractivity contribution is 0.627. The van der Waals surface area contributed by atoms with Gasteiger partial charge >= 0.3 is 0 Å². The van der Waals surface area contributed by atoms with E-state index < -0.39 is 5.82 Å². The summed E-state index contributed by atoms with van der Waals surface area (Å²) in [7, 11) is 1.71. The van der Waals surface area contributed by atoms with Crippen LogP contribution in [0.15, 0.2) is 28.6 Å². The number of hydrogen-bond acceptors (Lipinski definition) is 3. The van der Waals surface area contributed by atoms with Crippen LogP contribution in [-0.4, -0.2) is 24.5 Å². The number of aryl methyl sites for hydroxylation is 1. The van der Waals surface area contributed by atoms with Gasteiger partial charge in [0.25, 0.3) is 0 Å². The van der Waals surface area contributed by atoms with Gasteiger partial charge in [0.1, 0.15) is 5.82 Å². The van der Waals surface area contributed by atoms with Gasteiger partial charge in [0, 0.05) is 31.9 Å². The highest BCUT2D eigenvalue weighted by atomic mass is 127. The predicted octanol–water partition coefficient (Wildman–Crippen LogP) is 3.77. The van der Waals surface area contributed by atoms with Gasteiger partial charge in [-0.2, -0.15) is 0 Å². The maximum absolute atomic E-state index is 13.1. The molecular formula is C15H19ClFIN4S. The number of nitrogens with one attached hydrogen (secondary N) is 2. The first kappa shape index (κ1) is 20.1. The van der Waals surface area contributed by atoms with Crippen LogP contribution in [0.25, 0.3) is 0 Å². The lowest BCUT2D eigenvalue weighted by atomic mass is 10.2. The molecule has 0 radical (unpaired) electrons. The van der Waals surface area contributed by atoms with E-state index in [9.17, 15) is 4.39 Å². The predicted molar refractivity (Wildman–Crippen MR) is 106 cm³/mol. The van der Waals surface area contributed by atoms with E-state index in [1.165, 1.54) is 6.07 Å². The number of hydrogen-bond donors (Lipinski definition) is 2. The molecule has 0 saturated heterocycles. The van der Waals surface area contributed by atoms with E-state index in [2.05, 4.69) is 26.0 Å². The van der Waals surface area contributed by atoms with Crippen LogP contribution in [0, 0.1) is 12.7 Å². The fraction of sp³-hybridized carbons (Fsp3) is 0.333. The summed E-state index contributed by atoms with van der Waals surface area (Å²) in [4.78, 5) is 8.56. The number of halogens is 3. The van der Waals surface area contributed by atoms with Gasteiger partial charge < -0.3 is 10.6 Å². The van der Waals surface area contributed by atoms with E-state index in [-0.39, 0.29) is 29.0 Å². The highest BCUT2D eigenvalue weighted by Crippen LogP contribution is 2.15.